The van der Waals surface area contributed by atoms with E-state index in [2.05, 4.69) is 58.4 Å². The van der Waals surface area contributed by atoms with Crippen molar-refractivity contribution in [3.8, 4) is 11.5 Å². The maximum atomic E-state index is 15.3. The summed E-state index contributed by atoms with van der Waals surface area (Å²) in [5.74, 6) is -1.84. The van der Waals surface area contributed by atoms with Gasteiger partial charge in [-0.2, -0.15) is 0 Å². The topological polar surface area (TPSA) is 191 Å². The van der Waals surface area contributed by atoms with Crippen LogP contribution in [-0.2, 0) is 32.3 Å². The Labute approximate surface area is 463 Å². The van der Waals surface area contributed by atoms with Crippen LogP contribution >= 0.6 is 31.9 Å². The number of rotatable bonds is 15. The summed E-state index contributed by atoms with van der Waals surface area (Å²) < 4.78 is 13.5. The Morgan fingerprint density at radius 3 is 1.74 bits per heavy atom. The van der Waals surface area contributed by atoms with E-state index in [0.717, 1.165) is 41.6 Å². The molecule has 0 spiro atoms. The van der Waals surface area contributed by atoms with Gasteiger partial charge in [-0.05, 0) is 135 Å². The van der Waals surface area contributed by atoms with Gasteiger partial charge in [-0.15, -0.1) is 0 Å². The van der Waals surface area contributed by atoms with E-state index in [0.29, 0.717) is 39.8 Å². The standard InChI is InChI=1S/C59H58Br2N8O8/c1-32-26-37(54(70)52-53(66-56(72)34(3)63-5)59(75)67(47-13-9-8-12-45(47)64-52)29-43-41-22-19-38(60)27-35(41)17-24-50(43)76-6)16-21-40(32)57(73)69-31-46(65-55(71)33(2)62-4)58(74)68(48-14-10-11-15-49(48)69)30-44-42-23-20-39(61)28-36(42)18-25-51(44)77-7/h8-28,33-34,46,52-53,62-64H,29-31H2,1-7H3,(H,65,71)(H,66,72)/t33-,34-,46-,52?,53-/m0/s1. The summed E-state index contributed by atoms with van der Waals surface area (Å²) in [4.78, 5) is 93.0. The van der Waals surface area contributed by atoms with Crippen LogP contribution in [-0.4, -0.2) is 100 Å². The number of Topliss-reactive ketones (excluding diaryl/α,β-unsaturated/α-hetero) is 1. The minimum Gasteiger partial charge on any atom is -0.496 e. The van der Waals surface area contributed by atoms with Gasteiger partial charge in [0, 0.05) is 31.2 Å². The molecule has 0 aromatic heterocycles. The second-order valence-electron chi connectivity index (χ2n) is 19.1. The maximum Gasteiger partial charge on any atom is 0.258 e. The van der Waals surface area contributed by atoms with Crippen molar-refractivity contribution in [2.75, 3.05) is 54.9 Å². The van der Waals surface area contributed by atoms with Crippen LogP contribution in [0.25, 0.3) is 21.5 Å². The van der Waals surface area contributed by atoms with Crippen LogP contribution in [0, 0.1) is 6.92 Å². The van der Waals surface area contributed by atoms with Gasteiger partial charge in [-0.3, -0.25) is 28.8 Å². The average Bonchev–Trinajstić information content (AvgIpc) is 3.67. The first-order valence-corrected chi connectivity index (χ1v) is 26.6. The Morgan fingerprint density at radius 1 is 0.649 bits per heavy atom. The molecule has 396 valence electrons. The lowest BCUT2D eigenvalue weighted by molar-refractivity contribution is -0.128. The Balaban J connectivity index is 1.09. The van der Waals surface area contributed by atoms with E-state index in [1.807, 2.05) is 60.7 Å². The molecule has 5 N–H and O–H groups in total. The third kappa shape index (κ3) is 10.7. The summed E-state index contributed by atoms with van der Waals surface area (Å²) in [6.07, 6.45) is 0. The number of anilines is 4. The van der Waals surface area contributed by atoms with Gasteiger partial charge >= 0.3 is 0 Å². The van der Waals surface area contributed by atoms with Crippen LogP contribution < -0.4 is 50.8 Å². The van der Waals surface area contributed by atoms with Crippen LogP contribution in [0.15, 0.2) is 136 Å². The first-order chi connectivity index (χ1) is 37.0. The molecule has 16 nitrogen and oxygen atoms in total. The quantitative estimate of drug-likeness (QED) is 0.0620. The molecule has 7 aromatic carbocycles. The van der Waals surface area contributed by atoms with Crippen molar-refractivity contribution < 1.29 is 38.2 Å². The third-order valence-corrected chi connectivity index (χ3v) is 15.5. The molecule has 0 bridgehead atoms. The van der Waals surface area contributed by atoms with Crippen LogP contribution in [0.4, 0.5) is 22.7 Å². The zero-order valence-electron chi connectivity index (χ0n) is 43.5. The van der Waals surface area contributed by atoms with Crippen LogP contribution in [0.5, 0.6) is 11.5 Å². The fraction of sp³-hybridized carbons (Fsp3) is 0.254. The number of carbonyl (C=O) groups is 6. The molecule has 0 aliphatic carbocycles. The van der Waals surface area contributed by atoms with E-state index in [4.69, 9.17) is 9.47 Å². The lowest BCUT2D eigenvalue weighted by Crippen LogP contribution is -2.59. The van der Waals surface area contributed by atoms with E-state index in [1.54, 1.807) is 120 Å². The summed E-state index contributed by atoms with van der Waals surface area (Å²) in [5, 5.41) is 18.6. The van der Waals surface area contributed by atoms with Crippen molar-refractivity contribution in [3.05, 3.63) is 164 Å². The largest absolute Gasteiger partial charge is 0.496 e. The van der Waals surface area contributed by atoms with E-state index in [1.165, 1.54) is 11.0 Å². The van der Waals surface area contributed by atoms with Gasteiger partial charge in [0.25, 0.3) is 17.7 Å². The Bertz CT molecular complexity index is 3500. The number of benzene rings is 7. The molecule has 77 heavy (non-hydrogen) atoms. The number of ether oxygens (including phenoxy) is 2. The predicted molar refractivity (Wildman–Crippen MR) is 307 cm³/mol. The van der Waals surface area contributed by atoms with E-state index in [9.17, 15) is 9.59 Å². The molecule has 5 atom stereocenters. The van der Waals surface area contributed by atoms with Gasteiger partial charge in [0.05, 0.1) is 68.7 Å². The number of nitrogens with one attached hydrogen (secondary N) is 5. The molecular formula is C59H58Br2N8O8. The second-order valence-corrected chi connectivity index (χ2v) is 20.9. The number of hydrogen-bond acceptors (Lipinski definition) is 11. The van der Waals surface area contributed by atoms with Gasteiger partial charge in [-0.25, -0.2) is 0 Å². The number of methoxy groups -OCH3 is 2. The van der Waals surface area contributed by atoms with Crippen molar-refractivity contribution in [1.29, 1.82) is 0 Å². The van der Waals surface area contributed by atoms with Crippen molar-refractivity contribution in [1.82, 2.24) is 21.3 Å². The number of hydrogen-bond donors (Lipinski definition) is 5. The summed E-state index contributed by atoms with van der Waals surface area (Å²) in [6.45, 7) is 4.87. The maximum absolute atomic E-state index is 15.3. The number of carbonyl (C=O) groups excluding carboxylic acids is 6. The summed E-state index contributed by atoms with van der Waals surface area (Å²) in [5.41, 5.74) is 4.05. The Kier molecular flexibility index (Phi) is 16.1. The minimum atomic E-state index is -1.42. The number of fused-ring (bicyclic) bond motifs is 4. The normalized spacial score (nSPS) is 17.1. The molecule has 9 rings (SSSR count). The average molecular weight is 1170 g/mol. The molecule has 0 fully saturated rings. The minimum absolute atomic E-state index is 0.0298. The Morgan fingerprint density at radius 2 is 1.18 bits per heavy atom. The number of para-hydroxylation sites is 4. The van der Waals surface area contributed by atoms with Crippen molar-refractivity contribution in [2.45, 2.75) is 64.1 Å². The molecule has 18 heteroatoms. The monoisotopic (exact) mass is 1160 g/mol. The first-order valence-electron chi connectivity index (χ1n) is 25.0. The highest BCUT2D eigenvalue weighted by molar-refractivity contribution is 9.10. The van der Waals surface area contributed by atoms with E-state index in [-0.39, 0.29) is 30.8 Å². The Hall–Kier alpha value is -7.64. The van der Waals surface area contributed by atoms with Crippen LogP contribution in [0.1, 0.15) is 51.3 Å². The highest BCUT2D eigenvalue weighted by Gasteiger charge is 2.43. The fourth-order valence-electron chi connectivity index (χ4n) is 10.0. The second kappa shape index (κ2) is 22.9. The fourth-order valence-corrected chi connectivity index (χ4v) is 10.8. The molecule has 0 radical (unpaired) electrons. The lowest BCUT2D eigenvalue weighted by atomic mass is 9.93. The van der Waals surface area contributed by atoms with Gasteiger partial charge in [-0.1, -0.05) is 86.5 Å². The number of likely N-dealkylation sites (N-methyl/N-ethyl adjacent to an activating group) is 2. The van der Waals surface area contributed by atoms with Crippen LogP contribution in [0.3, 0.4) is 0 Å². The number of nitrogens with zero attached hydrogens (tertiary/aromatic N) is 3. The summed E-state index contributed by atoms with van der Waals surface area (Å²) in [7, 11) is 6.40. The zero-order chi connectivity index (χ0) is 54.8. The number of amides is 5. The van der Waals surface area contributed by atoms with E-state index < -0.39 is 65.5 Å². The molecular weight excluding hydrogens is 1110 g/mol. The number of halogens is 2. The van der Waals surface area contributed by atoms with Crippen molar-refractivity contribution in [3.63, 3.8) is 0 Å². The number of aryl methyl sites for hydroxylation is 1. The molecule has 2 aliphatic heterocycles. The highest BCUT2D eigenvalue weighted by atomic mass is 79.9. The van der Waals surface area contributed by atoms with Gasteiger partial charge in [0.15, 0.2) is 5.78 Å². The molecule has 2 heterocycles. The zero-order valence-corrected chi connectivity index (χ0v) is 46.7. The third-order valence-electron chi connectivity index (χ3n) is 14.5. The van der Waals surface area contributed by atoms with Gasteiger partial charge in [0.1, 0.15) is 29.6 Å². The smallest absolute Gasteiger partial charge is 0.258 e. The molecule has 0 saturated heterocycles. The number of ketones is 1. The van der Waals surface area contributed by atoms with E-state index >= 15 is 19.2 Å². The first kappa shape index (κ1) is 54.2. The van der Waals surface area contributed by atoms with Gasteiger partial charge < -0.3 is 50.8 Å². The molecule has 2 aliphatic rings. The summed E-state index contributed by atoms with van der Waals surface area (Å²) in [6, 6.07) is 32.8. The predicted octanol–water partition coefficient (Wildman–Crippen LogP) is 8.43. The van der Waals surface area contributed by atoms with Crippen molar-refractivity contribution >= 4 is 111 Å². The highest BCUT2D eigenvalue weighted by Crippen LogP contribution is 2.40. The van der Waals surface area contributed by atoms with Crippen LogP contribution in [0.2, 0.25) is 0 Å². The SMILES string of the molecule is CN[C@@H](C)C(=O)N[C@H]1CN(C(=O)c2ccc(C(=O)C3Nc4ccccc4N(Cc4c(OC)ccc5cc(Br)ccc45)C(=O)[C@H]3NC(=O)[C@H](C)NC)cc2C)c2ccccc2N(Cc2c(OC)ccc3cc(Br)ccc23)C1=O. The van der Waals surface area contributed by atoms with Gasteiger partial charge in [0.2, 0.25) is 11.8 Å². The van der Waals surface area contributed by atoms with Crippen molar-refractivity contribution in [2.24, 2.45) is 0 Å². The molecule has 5 amide bonds. The lowest BCUT2D eigenvalue weighted by Gasteiger charge is -2.30. The molecule has 1 unspecified atom stereocenters. The molecule has 7 aromatic rings. The molecule has 0 saturated carbocycles. The summed E-state index contributed by atoms with van der Waals surface area (Å²) >= 11 is 7.14.